The fourth-order valence-electron chi connectivity index (χ4n) is 3.70. The number of nitrogens with one attached hydrogen (secondary N) is 2. The van der Waals surface area contributed by atoms with Crippen LogP contribution >= 0.6 is 0 Å². The van der Waals surface area contributed by atoms with E-state index in [2.05, 4.69) is 10.6 Å². The first-order valence-corrected chi connectivity index (χ1v) is 9.32. The molecule has 2 N–H and O–H groups in total. The molecule has 1 aromatic carbocycles. The Kier molecular flexibility index (Phi) is 6.04. The molecule has 2 atom stereocenters. The van der Waals surface area contributed by atoms with Gasteiger partial charge in [0.1, 0.15) is 0 Å². The molecule has 2 saturated heterocycles. The number of hydrogen-bond donors (Lipinski definition) is 2. The van der Waals surface area contributed by atoms with Crippen molar-refractivity contribution < 1.29 is 22.8 Å². The minimum atomic E-state index is -4.47. The summed E-state index contributed by atoms with van der Waals surface area (Å²) in [4.78, 5) is 26.3. The van der Waals surface area contributed by atoms with Gasteiger partial charge in [-0.05, 0) is 56.3 Å². The summed E-state index contributed by atoms with van der Waals surface area (Å²) in [6.45, 7) is 2.28. The number of piperidine rings is 1. The Morgan fingerprint density at radius 2 is 2.04 bits per heavy atom. The summed E-state index contributed by atoms with van der Waals surface area (Å²) in [5, 5.41) is 6.08. The zero-order chi connectivity index (χ0) is 19.4. The maximum Gasteiger partial charge on any atom is 0.416 e. The molecule has 148 valence electrons. The van der Waals surface area contributed by atoms with E-state index >= 15 is 0 Å². The van der Waals surface area contributed by atoms with Gasteiger partial charge in [-0.2, -0.15) is 13.2 Å². The summed E-state index contributed by atoms with van der Waals surface area (Å²) in [6.07, 6.45) is -1.01. The first kappa shape index (κ1) is 19.7. The first-order valence-electron chi connectivity index (χ1n) is 9.32. The lowest BCUT2D eigenvalue weighted by atomic mass is 9.97. The lowest BCUT2D eigenvalue weighted by molar-refractivity contribution is -0.137. The van der Waals surface area contributed by atoms with Crippen LogP contribution in [-0.2, 0) is 11.0 Å². The van der Waals surface area contributed by atoms with Crippen molar-refractivity contribution in [2.45, 2.75) is 37.9 Å². The van der Waals surface area contributed by atoms with E-state index in [0.717, 1.165) is 44.4 Å². The number of nitrogens with zero attached hydrogens (tertiary/aromatic N) is 1. The average Bonchev–Trinajstić information content (AvgIpc) is 3.20. The number of alkyl halides is 3. The Hall–Kier alpha value is -2.09. The van der Waals surface area contributed by atoms with Gasteiger partial charge < -0.3 is 15.5 Å². The zero-order valence-corrected chi connectivity index (χ0v) is 15.0. The number of carbonyl (C=O) groups excluding carboxylic acids is 2. The number of halogens is 3. The largest absolute Gasteiger partial charge is 0.416 e. The highest BCUT2D eigenvalue weighted by molar-refractivity contribution is 5.94. The van der Waals surface area contributed by atoms with Crippen molar-refractivity contribution in [2.24, 2.45) is 5.92 Å². The Morgan fingerprint density at radius 3 is 2.74 bits per heavy atom. The number of hydrogen-bond acceptors (Lipinski definition) is 3. The predicted molar refractivity (Wildman–Crippen MR) is 94.1 cm³/mol. The SMILES string of the molecule is O=C(NCC1CCCN(C(=O)c2cccc(C(F)(F)F)c2)C1)C1CCCN1. The van der Waals surface area contributed by atoms with E-state index < -0.39 is 17.6 Å². The highest BCUT2D eigenvalue weighted by atomic mass is 19.4. The van der Waals surface area contributed by atoms with Crippen LogP contribution in [0, 0.1) is 5.92 Å². The van der Waals surface area contributed by atoms with Crippen LogP contribution in [0.4, 0.5) is 13.2 Å². The van der Waals surface area contributed by atoms with Gasteiger partial charge >= 0.3 is 6.18 Å². The molecule has 8 heteroatoms. The van der Waals surface area contributed by atoms with Gasteiger partial charge in [0.05, 0.1) is 11.6 Å². The van der Waals surface area contributed by atoms with E-state index in [-0.39, 0.29) is 23.4 Å². The van der Waals surface area contributed by atoms with Crippen molar-refractivity contribution in [3.05, 3.63) is 35.4 Å². The maximum atomic E-state index is 12.9. The molecule has 2 fully saturated rings. The molecule has 0 aromatic heterocycles. The van der Waals surface area contributed by atoms with E-state index in [0.29, 0.717) is 19.6 Å². The van der Waals surface area contributed by atoms with E-state index in [1.807, 2.05) is 0 Å². The summed E-state index contributed by atoms with van der Waals surface area (Å²) in [7, 11) is 0. The average molecular weight is 383 g/mol. The topological polar surface area (TPSA) is 61.4 Å². The Labute approximate surface area is 156 Å². The third-order valence-electron chi connectivity index (χ3n) is 5.18. The highest BCUT2D eigenvalue weighted by Crippen LogP contribution is 2.30. The molecule has 2 amide bonds. The van der Waals surface area contributed by atoms with Crippen molar-refractivity contribution in [1.29, 1.82) is 0 Å². The smallest absolute Gasteiger partial charge is 0.354 e. The summed E-state index contributed by atoms with van der Waals surface area (Å²) in [5.74, 6) is -0.303. The number of carbonyl (C=O) groups is 2. The van der Waals surface area contributed by atoms with Gasteiger partial charge in [-0.25, -0.2) is 0 Å². The standard InChI is InChI=1S/C19H24F3N3O2/c20-19(21,22)15-6-1-5-14(10-15)18(27)25-9-3-4-13(12-25)11-24-17(26)16-7-2-8-23-16/h1,5-6,10,13,16,23H,2-4,7-9,11-12H2,(H,24,26). The molecule has 0 aliphatic carbocycles. The lowest BCUT2D eigenvalue weighted by Crippen LogP contribution is -2.46. The fourth-order valence-corrected chi connectivity index (χ4v) is 3.70. The van der Waals surface area contributed by atoms with Crippen LogP contribution in [0.5, 0.6) is 0 Å². The van der Waals surface area contributed by atoms with Crippen LogP contribution in [0.3, 0.4) is 0 Å². The van der Waals surface area contributed by atoms with Crippen molar-refractivity contribution in [1.82, 2.24) is 15.5 Å². The van der Waals surface area contributed by atoms with Crippen LogP contribution in [0.15, 0.2) is 24.3 Å². The Bertz CT molecular complexity index is 687. The van der Waals surface area contributed by atoms with Crippen LogP contribution in [0.25, 0.3) is 0 Å². The van der Waals surface area contributed by atoms with Gasteiger partial charge in [0.15, 0.2) is 0 Å². The monoisotopic (exact) mass is 383 g/mol. The van der Waals surface area contributed by atoms with Crippen molar-refractivity contribution in [3.63, 3.8) is 0 Å². The van der Waals surface area contributed by atoms with Gasteiger partial charge in [0, 0.05) is 25.2 Å². The molecule has 0 saturated carbocycles. The molecule has 3 rings (SSSR count). The molecular formula is C19H24F3N3O2. The van der Waals surface area contributed by atoms with Crippen LogP contribution in [0.1, 0.15) is 41.6 Å². The molecule has 1 aromatic rings. The second-order valence-corrected chi connectivity index (χ2v) is 7.23. The van der Waals surface area contributed by atoms with E-state index in [9.17, 15) is 22.8 Å². The van der Waals surface area contributed by atoms with Crippen molar-refractivity contribution in [2.75, 3.05) is 26.2 Å². The summed E-state index contributed by atoms with van der Waals surface area (Å²) >= 11 is 0. The third-order valence-corrected chi connectivity index (χ3v) is 5.18. The molecule has 2 aliphatic rings. The molecule has 0 bridgehead atoms. The first-order chi connectivity index (χ1) is 12.8. The Balaban J connectivity index is 1.57. The lowest BCUT2D eigenvalue weighted by Gasteiger charge is -2.33. The number of amides is 2. The van der Waals surface area contributed by atoms with Gasteiger partial charge in [0.2, 0.25) is 5.91 Å². The van der Waals surface area contributed by atoms with Crippen LogP contribution in [0.2, 0.25) is 0 Å². The quantitative estimate of drug-likeness (QED) is 0.840. The summed E-state index contributed by atoms with van der Waals surface area (Å²) < 4.78 is 38.6. The van der Waals surface area contributed by atoms with E-state index in [1.165, 1.54) is 12.1 Å². The van der Waals surface area contributed by atoms with E-state index in [1.54, 1.807) is 4.90 Å². The minimum absolute atomic E-state index is 0.0196. The molecular weight excluding hydrogens is 359 g/mol. The van der Waals surface area contributed by atoms with E-state index in [4.69, 9.17) is 0 Å². The third kappa shape index (κ3) is 5.00. The highest BCUT2D eigenvalue weighted by Gasteiger charge is 2.32. The second-order valence-electron chi connectivity index (χ2n) is 7.23. The Morgan fingerprint density at radius 1 is 1.22 bits per heavy atom. The summed E-state index contributed by atoms with van der Waals surface area (Å²) in [5.41, 5.74) is -0.775. The van der Waals surface area contributed by atoms with Gasteiger partial charge in [-0.1, -0.05) is 6.07 Å². The van der Waals surface area contributed by atoms with Crippen molar-refractivity contribution in [3.8, 4) is 0 Å². The maximum absolute atomic E-state index is 12.9. The molecule has 2 aliphatic heterocycles. The van der Waals surface area contributed by atoms with Gasteiger partial charge in [-0.3, -0.25) is 9.59 Å². The van der Waals surface area contributed by atoms with Gasteiger partial charge in [0.25, 0.3) is 5.91 Å². The van der Waals surface area contributed by atoms with Crippen molar-refractivity contribution >= 4 is 11.8 Å². The molecule has 27 heavy (non-hydrogen) atoms. The minimum Gasteiger partial charge on any atom is -0.354 e. The molecule has 2 heterocycles. The molecule has 0 radical (unpaired) electrons. The summed E-state index contributed by atoms with van der Waals surface area (Å²) in [6, 6.07) is 4.39. The molecule has 0 spiro atoms. The second kappa shape index (κ2) is 8.29. The van der Waals surface area contributed by atoms with Crippen LogP contribution in [-0.4, -0.2) is 48.9 Å². The molecule has 5 nitrogen and oxygen atoms in total. The number of rotatable bonds is 4. The van der Waals surface area contributed by atoms with Gasteiger partial charge in [-0.15, -0.1) is 0 Å². The normalized spacial score (nSPS) is 23.3. The predicted octanol–water partition coefficient (Wildman–Crippen LogP) is 2.43. The van der Waals surface area contributed by atoms with Crippen LogP contribution < -0.4 is 10.6 Å². The zero-order valence-electron chi connectivity index (χ0n) is 15.0. The number of benzene rings is 1. The number of likely N-dealkylation sites (tertiary alicyclic amines) is 1. The fraction of sp³-hybridized carbons (Fsp3) is 0.579. The molecule has 2 unspecified atom stereocenters.